The zero-order chi connectivity index (χ0) is 13.2. The quantitative estimate of drug-likeness (QED) is 0.596. The molecule has 4 nitrogen and oxygen atoms in total. The van der Waals surface area contributed by atoms with Crippen LogP contribution in [0.5, 0.6) is 0 Å². The molecule has 1 N–H and O–H groups in total. The molecule has 17 heavy (non-hydrogen) atoms. The van der Waals surface area contributed by atoms with Crippen molar-refractivity contribution < 1.29 is 27.9 Å². The first-order valence-corrected chi connectivity index (χ1v) is 5.01. The van der Waals surface area contributed by atoms with Crippen molar-refractivity contribution in [1.82, 2.24) is 4.90 Å². The molecule has 1 amide bonds. The molecule has 0 aromatic heterocycles. The second kappa shape index (κ2) is 4.77. The molecule has 1 atom stereocenters. The number of nitrogens with zero attached hydrogens (tertiary/aromatic N) is 1. The summed E-state index contributed by atoms with van der Waals surface area (Å²) in [6.45, 7) is 0.931. The second-order valence-electron chi connectivity index (χ2n) is 3.82. The number of rotatable bonds is 2. The molecule has 0 saturated heterocycles. The molecule has 1 aliphatic rings. The Morgan fingerprint density at radius 2 is 2.06 bits per heavy atom. The van der Waals surface area contributed by atoms with Crippen LogP contribution in [0.25, 0.3) is 0 Å². The second-order valence-corrected chi connectivity index (χ2v) is 3.82. The summed E-state index contributed by atoms with van der Waals surface area (Å²) in [6, 6.07) is 0. The lowest BCUT2D eigenvalue weighted by Crippen LogP contribution is -2.41. The molecule has 0 fully saturated rings. The van der Waals surface area contributed by atoms with Crippen LogP contribution in [0.2, 0.25) is 0 Å². The highest BCUT2D eigenvalue weighted by molar-refractivity contribution is 5.96. The molecular formula is C10H12F3NO3. The van der Waals surface area contributed by atoms with Crippen molar-refractivity contribution in [2.75, 3.05) is 13.1 Å². The van der Waals surface area contributed by atoms with Crippen molar-refractivity contribution in [1.29, 1.82) is 0 Å². The first kappa shape index (κ1) is 13.5. The zero-order valence-corrected chi connectivity index (χ0v) is 9.12. The zero-order valence-electron chi connectivity index (χ0n) is 9.12. The van der Waals surface area contributed by atoms with Gasteiger partial charge in [0.15, 0.2) is 0 Å². The van der Waals surface area contributed by atoms with E-state index < -0.39 is 29.5 Å². The Morgan fingerprint density at radius 3 is 2.41 bits per heavy atom. The van der Waals surface area contributed by atoms with Crippen molar-refractivity contribution in [2.24, 2.45) is 5.92 Å². The number of amides is 1. The third-order valence-electron chi connectivity index (χ3n) is 2.63. The van der Waals surface area contributed by atoms with Crippen LogP contribution >= 0.6 is 0 Å². The van der Waals surface area contributed by atoms with E-state index in [0.717, 1.165) is 11.0 Å². The van der Waals surface area contributed by atoms with Crippen molar-refractivity contribution in [3.05, 3.63) is 11.6 Å². The molecule has 0 saturated carbocycles. The van der Waals surface area contributed by atoms with Crippen molar-refractivity contribution >= 4 is 11.9 Å². The van der Waals surface area contributed by atoms with Crippen LogP contribution in [0.3, 0.4) is 0 Å². The molecule has 1 heterocycles. The molecule has 7 heteroatoms. The van der Waals surface area contributed by atoms with E-state index >= 15 is 0 Å². The van der Waals surface area contributed by atoms with Gasteiger partial charge in [0.1, 0.15) is 5.92 Å². The van der Waals surface area contributed by atoms with Crippen LogP contribution in [0.1, 0.15) is 13.3 Å². The minimum Gasteiger partial charge on any atom is -0.481 e. The number of carboxylic acid groups (broad SMARTS) is 1. The monoisotopic (exact) mass is 251 g/mol. The number of carboxylic acids is 1. The first-order chi connectivity index (χ1) is 7.73. The van der Waals surface area contributed by atoms with Gasteiger partial charge in [0.25, 0.3) is 0 Å². The molecule has 0 radical (unpaired) electrons. The van der Waals surface area contributed by atoms with Crippen LogP contribution in [0.4, 0.5) is 13.2 Å². The molecule has 0 bridgehead atoms. The summed E-state index contributed by atoms with van der Waals surface area (Å²) in [5, 5.41) is 8.62. The summed E-state index contributed by atoms with van der Waals surface area (Å²) < 4.78 is 36.9. The summed E-state index contributed by atoms with van der Waals surface area (Å²) >= 11 is 0. The first-order valence-electron chi connectivity index (χ1n) is 5.01. The topological polar surface area (TPSA) is 57.6 Å². The van der Waals surface area contributed by atoms with Crippen LogP contribution in [-0.4, -0.2) is 41.1 Å². The number of carbonyl (C=O) groups is 2. The lowest BCUT2D eigenvalue weighted by atomic mass is 10.1. The van der Waals surface area contributed by atoms with E-state index in [-0.39, 0.29) is 19.5 Å². The van der Waals surface area contributed by atoms with E-state index in [9.17, 15) is 22.8 Å². The number of hydrogen-bond acceptors (Lipinski definition) is 2. The Labute approximate surface area is 95.7 Å². The molecule has 1 aliphatic heterocycles. The number of carbonyl (C=O) groups excluding carboxylic acids is 1. The largest absolute Gasteiger partial charge is 0.481 e. The van der Waals surface area contributed by atoms with E-state index in [2.05, 4.69) is 0 Å². The molecule has 0 spiro atoms. The molecule has 96 valence electrons. The van der Waals surface area contributed by atoms with Gasteiger partial charge in [-0.25, -0.2) is 0 Å². The lowest BCUT2D eigenvalue weighted by molar-refractivity contribution is -0.150. The summed E-state index contributed by atoms with van der Waals surface area (Å²) in [6.07, 6.45) is -3.73. The molecule has 1 rings (SSSR count). The molecule has 1 unspecified atom stereocenters. The highest BCUT2D eigenvalue weighted by atomic mass is 19.4. The standard InChI is InChI=1S/C10H12F3NO3/c1-6(9(16)17)8(15)14-4-2-7(3-5-14)10(11,12)13/h2,6H,3-5H2,1H3,(H,16,17). The maximum absolute atomic E-state index is 12.3. The Kier molecular flexibility index (Phi) is 3.79. The lowest BCUT2D eigenvalue weighted by Gasteiger charge is -2.28. The Bertz CT molecular complexity index is 362. The fourth-order valence-electron chi connectivity index (χ4n) is 1.51. The van der Waals surface area contributed by atoms with Crippen LogP contribution < -0.4 is 0 Å². The molecular weight excluding hydrogens is 239 g/mol. The van der Waals surface area contributed by atoms with Crippen LogP contribution in [-0.2, 0) is 9.59 Å². The summed E-state index contributed by atoms with van der Waals surface area (Å²) in [5.74, 6) is -3.16. The van der Waals surface area contributed by atoms with E-state index in [1.54, 1.807) is 0 Å². The van der Waals surface area contributed by atoms with Gasteiger partial charge in [0.05, 0.1) is 0 Å². The molecule has 0 aromatic carbocycles. The van der Waals surface area contributed by atoms with E-state index in [4.69, 9.17) is 5.11 Å². The van der Waals surface area contributed by atoms with E-state index in [1.807, 2.05) is 0 Å². The van der Waals surface area contributed by atoms with E-state index in [1.165, 1.54) is 6.92 Å². The van der Waals surface area contributed by atoms with Crippen molar-refractivity contribution in [3.8, 4) is 0 Å². The summed E-state index contributed by atoms with van der Waals surface area (Å²) in [5.41, 5.74) is -0.662. The van der Waals surface area contributed by atoms with Crippen LogP contribution in [0, 0.1) is 5.92 Å². The normalized spacial score (nSPS) is 18.6. The van der Waals surface area contributed by atoms with Gasteiger partial charge in [-0.3, -0.25) is 9.59 Å². The fourth-order valence-corrected chi connectivity index (χ4v) is 1.51. The van der Waals surface area contributed by atoms with Gasteiger partial charge in [-0.1, -0.05) is 6.08 Å². The number of hydrogen-bond donors (Lipinski definition) is 1. The average Bonchev–Trinajstić information content (AvgIpc) is 2.26. The van der Waals surface area contributed by atoms with Gasteiger partial charge in [-0.05, 0) is 13.3 Å². The highest BCUT2D eigenvalue weighted by Gasteiger charge is 2.36. The van der Waals surface area contributed by atoms with Crippen molar-refractivity contribution in [2.45, 2.75) is 19.5 Å². The van der Waals surface area contributed by atoms with Gasteiger partial charge < -0.3 is 10.0 Å². The maximum atomic E-state index is 12.3. The predicted molar refractivity (Wildman–Crippen MR) is 52.1 cm³/mol. The smallest absolute Gasteiger partial charge is 0.412 e. The van der Waals surface area contributed by atoms with Gasteiger partial charge in [-0.15, -0.1) is 0 Å². The Balaban J connectivity index is 2.67. The van der Waals surface area contributed by atoms with Gasteiger partial charge in [0, 0.05) is 18.7 Å². The van der Waals surface area contributed by atoms with Crippen molar-refractivity contribution in [3.63, 3.8) is 0 Å². The van der Waals surface area contributed by atoms with Gasteiger partial charge in [0.2, 0.25) is 5.91 Å². The third-order valence-corrected chi connectivity index (χ3v) is 2.63. The number of halogens is 3. The minimum atomic E-state index is -4.37. The fraction of sp³-hybridized carbons (Fsp3) is 0.600. The Hall–Kier alpha value is -1.53. The molecule has 0 aliphatic carbocycles. The third kappa shape index (κ3) is 3.21. The maximum Gasteiger partial charge on any atom is 0.412 e. The summed E-state index contributed by atoms with van der Waals surface area (Å²) in [7, 11) is 0. The minimum absolute atomic E-state index is 0.0954. The molecule has 0 aromatic rings. The summed E-state index contributed by atoms with van der Waals surface area (Å²) in [4.78, 5) is 23.2. The van der Waals surface area contributed by atoms with Gasteiger partial charge in [-0.2, -0.15) is 13.2 Å². The predicted octanol–water partition coefficient (Wildman–Crippen LogP) is 1.43. The highest BCUT2D eigenvalue weighted by Crippen LogP contribution is 2.30. The van der Waals surface area contributed by atoms with Crippen LogP contribution in [0.15, 0.2) is 11.6 Å². The van der Waals surface area contributed by atoms with Gasteiger partial charge >= 0.3 is 12.1 Å². The van der Waals surface area contributed by atoms with E-state index in [0.29, 0.717) is 0 Å². The number of aliphatic carboxylic acids is 1. The SMILES string of the molecule is CC(C(=O)O)C(=O)N1CC=C(C(F)(F)F)CC1. The number of alkyl halides is 3. The average molecular weight is 251 g/mol. The Morgan fingerprint density at radius 1 is 1.47 bits per heavy atom.